The van der Waals surface area contributed by atoms with Crippen molar-refractivity contribution in [2.24, 2.45) is 5.92 Å². The summed E-state index contributed by atoms with van der Waals surface area (Å²) in [4.78, 5) is 6.88. The number of aromatic nitrogens is 4. The molecule has 0 unspecified atom stereocenters. The van der Waals surface area contributed by atoms with Gasteiger partial charge in [0.25, 0.3) is 0 Å². The number of phenols is 1. The summed E-state index contributed by atoms with van der Waals surface area (Å²) in [6.45, 7) is 5.07. The molecule has 6 nitrogen and oxygen atoms in total. The average molecular weight is 372 g/mol. The topological polar surface area (TPSA) is 67.1 Å². The van der Waals surface area contributed by atoms with E-state index in [1.807, 2.05) is 19.3 Å². The predicted octanol–water partition coefficient (Wildman–Crippen LogP) is 3.50. The third kappa shape index (κ3) is 3.27. The molecule has 1 aliphatic rings. The second kappa shape index (κ2) is 6.85. The Labute approximate surface area is 157 Å². The SMILES string of the molecule is Cc1cc(Cl)cc(O)c1-c1cc2ncn(C[C@@H]3CCCN(C)C3)c2nn1. The van der Waals surface area contributed by atoms with Gasteiger partial charge in [-0.3, -0.25) is 0 Å². The Hall–Kier alpha value is -2.18. The van der Waals surface area contributed by atoms with Crippen molar-refractivity contribution in [2.75, 3.05) is 20.1 Å². The largest absolute Gasteiger partial charge is 0.507 e. The Kier molecular flexibility index (Phi) is 4.54. The lowest BCUT2D eigenvalue weighted by molar-refractivity contribution is 0.195. The summed E-state index contributed by atoms with van der Waals surface area (Å²) in [6, 6.07) is 5.20. The number of aryl methyl sites for hydroxylation is 1. The van der Waals surface area contributed by atoms with Crippen LogP contribution in [0.5, 0.6) is 5.75 Å². The summed E-state index contributed by atoms with van der Waals surface area (Å²) in [5, 5.41) is 19.5. The van der Waals surface area contributed by atoms with Crippen LogP contribution in [0.3, 0.4) is 0 Å². The number of aromatic hydroxyl groups is 1. The molecule has 3 heterocycles. The summed E-state index contributed by atoms with van der Waals surface area (Å²) < 4.78 is 2.09. The van der Waals surface area contributed by atoms with Crippen LogP contribution in [0, 0.1) is 12.8 Å². The third-order valence-corrected chi connectivity index (χ3v) is 5.29. The number of likely N-dealkylation sites (tertiary alicyclic amines) is 1. The highest BCUT2D eigenvalue weighted by Gasteiger charge is 2.19. The lowest BCUT2D eigenvalue weighted by Crippen LogP contribution is -2.34. The Morgan fingerprint density at radius 1 is 1.27 bits per heavy atom. The van der Waals surface area contributed by atoms with E-state index in [2.05, 4.69) is 31.7 Å². The van der Waals surface area contributed by atoms with E-state index in [0.29, 0.717) is 22.2 Å². The molecule has 7 heteroatoms. The van der Waals surface area contributed by atoms with Crippen LogP contribution in [-0.2, 0) is 6.54 Å². The van der Waals surface area contributed by atoms with E-state index in [9.17, 15) is 5.11 Å². The zero-order valence-electron chi connectivity index (χ0n) is 15.0. The first-order chi connectivity index (χ1) is 12.5. The van der Waals surface area contributed by atoms with Crippen LogP contribution in [-0.4, -0.2) is 49.9 Å². The first-order valence-electron chi connectivity index (χ1n) is 8.88. The van der Waals surface area contributed by atoms with Crippen LogP contribution >= 0.6 is 11.6 Å². The van der Waals surface area contributed by atoms with Gasteiger partial charge in [0.2, 0.25) is 0 Å². The maximum Gasteiger partial charge on any atom is 0.182 e. The van der Waals surface area contributed by atoms with E-state index < -0.39 is 0 Å². The molecule has 4 rings (SSSR count). The van der Waals surface area contributed by atoms with E-state index in [0.717, 1.165) is 29.8 Å². The van der Waals surface area contributed by atoms with Gasteiger partial charge in [0, 0.05) is 23.7 Å². The summed E-state index contributed by atoms with van der Waals surface area (Å²) in [7, 11) is 2.17. The first-order valence-corrected chi connectivity index (χ1v) is 9.25. The van der Waals surface area contributed by atoms with E-state index in [1.165, 1.54) is 25.5 Å². The smallest absolute Gasteiger partial charge is 0.182 e. The van der Waals surface area contributed by atoms with Crippen LogP contribution in [0.15, 0.2) is 24.5 Å². The number of nitrogens with zero attached hydrogens (tertiary/aromatic N) is 5. The van der Waals surface area contributed by atoms with Gasteiger partial charge in [0.1, 0.15) is 11.3 Å². The molecule has 0 aliphatic carbocycles. The lowest BCUT2D eigenvalue weighted by Gasteiger charge is -2.29. The fraction of sp³-hybridized carbons (Fsp3) is 0.421. The average Bonchev–Trinajstić information content (AvgIpc) is 2.96. The molecular formula is C19H22ClN5O. The second-order valence-electron chi connectivity index (χ2n) is 7.22. The molecule has 0 radical (unpaired) electrons. The maximum atomic E-state index is 10.3. The first kappa shape index (κ1) is 17.2. The van der Waals surface area contributed by atoms with Crippen molar-refractivity contribution in [3.63, 3.8) is 0 Å². The highest BCUT2D eigenvalue weighted by molar-refractivity contribution is 6.31. The molecule has 1 saturated heterocycles. The number of hydrogen-bond acceptors (Lipinski definition) is 5. The Balaban J connectivity index is 1.66. The number of fused-ring (bicyclic) bond motifs is 1. The summed E-state index contributed by atoms with van der Waals surface area (Å²) in [6.07, 6.45) is 4.30. The lowest BCUT2D eigenvalue weighted by atomic mass is 9.98. The van der Waals surface area contributed by atoms with Crippen LogP contribution in [0.1, 0.15) is 18.4 Å². The van der Waals surface area contributed by atoms with Gasteiger partial charge in [-0.25, -0.2) is 4.98 Å². The van der Waals surface area contributed by atoms with Crippen molar-refractivity contribution in [3.05, 3.63) is 35.1 Å². The normalized spacial score (nSPS) is 18.5. The molecule has 136 valence electrons. The minimum Gasteiger partial charge on any atom is -0.507 e. The molecule has 1 aromatic carbocycles. The number of phenolic OH excluding ortho intramolecular Hbond substituents is 1. The van der Waals surface area contributed by atoms with Gasteiger partial charge >= 0.3 is 0 Å². The summed E-state index contributed by atoms with van der Waals surface area (Å²) in [5.41, 5.74) is 3.67. The Morgan fingerprint density at radius 3 is 2.88 bits per heavy atom. The van der Waals surface area contributed by atoms with Crippen molar-refractivity contribution >= 4 is 22.8 Å². The van der Waals surface area contributed by atoms with Gasteiger partial charge in [-0.1, -0.05) is 11.6 Å². The fourth-order valence-electron chi connectivity index (χ4n) is 3.88. The van der Waals surface area contributed by atoms with Crippen LogP contribution in [0.25, 0.3) is 22.4 Å². The standard InChI is InChI=1S/C19H22ClN5O/c1-12-6-14(20)7-17(26)18(12)15-8-16-19(23-22-15)25(11-21-16)10-13-4-3-5-24(2)9-13/h6-8,11,13,26H,3-5,9-10H2,1-2H3/t13-/m1/s1. The van der Waals surface area contributed by atoms with Gasteiger partial charge in [-0.2, -0.15) is 0 Å². The quantitative estimate of drug-likeness (QED) is 0.763. The molecule has 3 aromatic rings. The molecule has 1 N–H and O–H groups in total. The maximum absolute atomic E-state index is 10.3. The van der Waals surface area contributed by atoms with E-state index >= 15 is 0 Å². The third-order valence-electron chi connectivity index (χ3n) is 5.08. The van der Waals surface area contributed by atoms with Crippen LogP contribution < -0.4 is 0 Å². The van der Waals surface area contributed by atoms with E-state index in [4.69, 9.17) is 11.6 Å². The van der Waals surface area contributed by atoms with Crippen molar-refractivity contribution in [2.45, 2.75) is 26.3 Å². The number of benzene rings is 1. The number of rotatable bonds is 3. The number of hydrogen-bond donors (Lipinski definition) is 1. The molecule has 0 amide bonds. The van der Waals surface area contributed by atoms with Gasteiger partial charge in [0.15, 0.2) is 5.65 Å². The van der Waals surface area contributed by atoms with Gasteiger partial charge in [-0.15, -0.1) is 10.2 Å². The van der Waals surface area contributed by atoms with Gasteiger partial charge < -0.3 is 14.6 Å². The van der Waals surface area contributed by atoms with E-state index in [-0.39, 0.29) is 5.75 Å². The van der Waals surface area contributed by atoms with Crippen LogP contribution in [0.4, 0.5) is 0 Å². The van der Waals surface area contributed by atoms with Gasteiger partial charge in [0.05, 0.1) is 12.0 Å². The molecule has 1 atom stereocenters. The number of piperidine rings is 1. The zero-order chi connectivity index (χ0) is 18.3. The molecule has 0 spiro atoms. The number of halogens is 1. The van der Waals surface area contributed by atoms with Crippen LogP contribution in [0.2, 0.25) is 5.02 Å². The molecule has 0 saturated carbocycles. The summed E-state index contributed by atoms with van der Waals surface area (Å²) in [5.74, 6) is 0.712. The second-order valence-corrected chi connectivity index (χ2v) is 7.66. The molecule has 1 fully saturated rings. The molecule has 0 bridgehead atoms. The monoisotopic (exact) mass is 371 g/mol. The minimum atomic E-state index is 0.105. The predicted molar refractivity (Wildman–Crippen MR) is 102 cm³/mol. The molecule has 26 heavy (non-hydrogen) atoms. The summed E-state index contributed by atoms with van der Waals surface area (Å²) >= 11 is 6.00. The van der Waals surface area contributed by atoms with Crippen molar-refractivity contribution in [1.29, 1.82) is 0 Å². The minimum absolute atomic E-state index is 0.105. The Bertz CT molecular complexity index is 931. The van der Waals surface area contributed by atoms with Crippen molar-refractivity contribution in [1.82, 2.24) is 24.6 Å². The van der Waals surface area contributed by atoms with Gasteiger partial charge in [-0.05, 0) is 63.0 Å². The Morgan fingerprint density at radius 2 is 2.12 bits per heavy atom. The van der Waals surface area contributed by atoms with E-state index in [1.54, 1.807) is 6.07 Å². The highest BCUT2D eigenvalue weighted by Crippen LogP contribution is 2.34. The van der Waals surface area contributed by atoms with Crippen molar-refractivity contribution < 1.29 is 5.11 Å². The zero-order valence-corrected chi connectivity index (χ0v) is 15.7. The molecular weight excluding hydrogens is 350 g/mol. The number of imidazole rings is 1. The fourth-order valence-corrected chi connectivity index (χ4v) is 4.14. The molecule has 2 aromatic heterocycles. The van der Waals surface area contributed by atoms with Crippen molar-refractivity contribution in [3.8, 4) is 17.0 Å². The highest BCUT2D eigenvalue weighted by atomic mass is 35.5. The molecule has 1 aliphatic heterocycles.